The maximum atomic E-state index is 12.2. The van der Waals surface area contributed by atoms with Crippen LogP contribution in [0, 0.1) is 18.8 Å². The maximum absolute atomic E-state index is 12.2. The maximum Gasteiger partial charge on any atom is 0.410 e. The van der Waals surface area contributed by atoms with E-state index in [0.717, 1.165) is 30.0 Å². The predicted molar refractivity (Wildman–Crippen MR) is 90.6 cm³/mol. The summed E-state index contributed by atoms with van der Waals surface area (Å²) in [4.78, 5) is 13.9. The fraction of sp³-hybridized carbons (Fsp3) is 0.529. The molecule has 2 aromatic heterocycles. The van der Waals surface area contributed by atoms with E-state index in [0.29, 0.717) is 23.6 Å². The Morgan fingerprint density at radius 2 is 2.12 bits per heavy atom. The van der Waals surface area contributed by atoms with Crippen molar-refractivity contribution < 1.29 is 9.53 Å². The molecule has 3 heterocycles. The number of fused-ring (bicyclic) bond motifs is 1. The summed E-state index contributed by atoms with van der Waals surface area (Å²) in [5.41, 5.74) is 3.25. The van der Waals surface area contributed by atoms with Crippen molar-refractivity contribution in [3.05, 3.63) is 29.7 Å². The summed E-state index contributed by atoms with van der Waals surface area (Å²) in [6.45, 7) is 4.05. The summed E-state index contributed by atoms with van der Waals surface area (Å²) in [5, 5.41) is 16.0. The Bertz CT molecular complexity index is 777. The number of aryl methyl sites for hydroxylation is 2. The number of carbonyl (C=O) groups excluding carboxylic acids is 1. The van der Waals surface area contributed by atoms with Crippen molar-refractivity contribution in [3.8, 4) is 11.3 Å². The zero-order valence-corrected chi connectivity index (χ0v) is 14.6. The number of hydrogen-bond acceptors (Lipinski definition) is 6. The first-order chi connectivity index (χ1) is 12.0. The van der Waals surface area contributed by atoms with Crippen LogP contribution in [0.25, 0.3) is 11.3 Å². The first-order valence-corrected chi connectivity index (χ1v) is 8.48. The molecule has 1 saturated heterocycles. The van der Waals surface area contributed by atoms with Gasteiger partial charge in [0.1, 0.15) is 12.3 Å². The van der Waals surface area contributed by atoms with Crippen molar-refractivity contribution in [3.63, 3.8) is 0 Å². The quantitative estimate of drug-likeness (QED) is 0.891. The highest BCUT2D eigenvalue weighted by molar-refractivity contribution is 5.68. The number of piperidine rings is 1. The number of nitrogens with one attached hydrogen (secondary N) is 1. The summed E-state index contributed by atoms with van der Waals surface area (Å²) in [6.07, 6.45) is 1.61. The topological polar surface area (TPSA) is 85.2 Å². The molecule has 1 aliphatic carbocycles. The minimum absolute atomic E-state index is 0.128. The fourth-order valence-corrected chi connectivity index (χ4v) is 3.75. The van der Waals surface area contributed by atoms with Crippen LogP contribution < -0.4 is 5.32 Å². The van der Waals surface area contributed by atoms with Crippen molar-refractivity contribution in [2.45, 2.75) is 19.6 Å². The normalized spacial score (nSPS) is 24.0. The van der Waals surface area contributed by atoms with Gasteiger partial charge in [-0.15, -0.1) is 0 Å². The Morgan fingerprint density at radius 1 is 1.36 bits per heavy atom. The monoisotopic (exact) mass is 342 g/mol. The number of nitrogens with zero attached hydrogens (tertiary/aromatic N) is 5. The smallest absolute Gasteiger partial charge is 0.410 e. The molecule has 1 amide bonds. The van der Waals surface area contributed by atoms with Gasteiger partial charge in [-0.05, 0) is 30.9 Å². The second-order valence-electron chi connectivity index (χ2n) is 6.85. The first-order valence-electron chi connectivity index (χ1n) is 8.48. The highest BCUT2D eigenvalue weighted by Gasteiger charge is 2.56. The molecule has 1 aliphatic heterocycles. The van der Waals surface area contributed by atoms with Crippen LogP contribution in [-0.2, 0) is 18.4 Å². The van der Waals surface area contributed by atoms with Crippen LogP contribution in [0.3, 0.4) is 0 Å². The average Bonchev–Trinajstić information content (AvgIpc) is 2.92. The average molecular weight is 342 g/mol. The lowest BCUT2D eigenvalue weighted by atomic mass is 10.2. The van der Waals surface area contributed by atoms with Crippen LogP contribution in [0.2, 0.25) is 0 Å². The largest absolute Gasteiger partial charge is 0.443 e. The van der Waals surface area contributed by atoms with Crippen molar-refractivity contribution in [2.24, 2.45) is 18.9 Å². The van der Waals surface area contributed by atoms with Crippen LogP contribution >= 0.6 is 0 Å². The standard InChI is InChI=1S/C17H22N6O2/c1-10-14(8-22(2)21-10)15-5-4-11(19-20-15)9-25-17(24)23(3)16-12-6-18-7-13(12)16/h4-5,8,12-13,16,18H,6-7,9H2,1-3H3. The molecular formula is C17H22N6O2. The number of rotatable bonds is 4. The van der Waals surface area contributed by atoms with E-state index in [-0.39, 0.29) is 12.7 Å². The lowest BCUT2D eigenvalue weighted by molar-refractivity contribution is 0.0976. The third-order valence-corrected chi connectivity index (χ3v) is 5.13. The first kappa shape index (κ1) is 16.0. The summed E-state index contributed by atoms with van der Waals surface area (Å²) < 4.78 is 7.13. The van der Waals surface area contributed by atoms with Gasteiger partial charge in [0, 0.05) is 45.0 Å². The van der Waals surface area contributed by atoms with Gasteiger partial charge >= 0.3 is 6.09 Å². The highest BCUT2D eigenvalue weighted by Crippen LogP contribution is 2.45. The van der Waals surface area contributed by atoms with E-state index in [1.165, 1.54) is 0 Å². The van der Waals surface area contributed by atoms with Crippen molar-refractivity contribution >= 4 is 6.09 Å². The minimum atomic E-state index is -0.298. The molecule has 0 aromatic carbocycles. The van der Waals surface area contributed by atoms with Gasteiger partial charge in [0.05, 0.1) is 11.4 Å². The molecule has 2 fully saturated rings. The van der Waals surface area contributed by atoms with Gasteiger partial charge in [0.2, 0.25) is 0 Å². The molecule has 1 saturated carbocycles. The Balaban J connectivity index is 1.34. The Hall–Kier alpha value is -2.48. The van der Waals surface area contributed by atoms with Crippen molar-refractivity contribution in [2.75, 3.05) is 20.1 Å². The summed E-state index contributed by atoms with van der Waals surface area (Å²) in [6, 6.07) is 4.02. The molecule has 0 bridgehead atoms. The second kappa shape index (κ2) is 6.11. The zero-order chi connectivity index (χ0) is 17.6. The summed E-state index contributed by atoms with van der Waals surface area (Å²) >= 11 is 0. The van der Waals surface area contributed by atoms with Gasteiger partial charge in [-0.1, -0.05) is 0 Å². The van der Waals surface area contributed by atoms with Gasteiger partial charge in [-0.2, -0.15) is 15.3 Å². The molecule has 25 heavy (non-hydrogen) atoms. The third-order valence-electron chi connectivity index (χ3n) is 5.13. The SMILES string of the molecule is Cc1nn(C)cc1-c1ccc(COC(=O)N(C)C2C3CNCC32)nn1. The molecular weight excluding hydrogens is 320 g/mol. The van der Waals surface area contributed by atoms with E-state index in [4.69, 9.17) is 4.74 Å². The minimum Gasteiger partial charge on any atom is -0.443 e. The van der Waals surface area contributed by atoms with Gasteiger partial charge in [-0.3, -0.25) is 4.68 Å². The lowest BCUT2D eigenvalue weighted by Crippen LogP contribution is -2.35. The number of carbonyl (C=O) groups is 1. The van der Waals surface area contributed by atoms with Crippen LogP contribution in [0.1, 0.15) is 11.4 Å². The van der Waals surface area contributed by atoms with E-state index in [1.54, 1.807) is 9.58 Å². The molecule has 8 nitrogen and oxygen atoms in total. The van der Waals surface area contributed by atoms with Crippen molar-refractivity contribution in [1.29, 1.82) is 0 Å². The fourth-order valence-electron chi connectivity index (χ4n) is 3.75. The molecule has 132 valence electrons. The third kappa shape index (κ3) is 2.97. The Kier molecular flexibility index (Phi) is 3.91. The zero-order valence-electron chi connectivity index (χ0n) is 14.6. The van der Waals surface area contributed by atoms with Crippen LogP contribution in [0.4, 0.5) is 4.79 Å². The molecule has 2 unspecified atom stereocenters. The van der Waals surface area contributed by atoms with Gasteiger partial charge < -0.3 is 15.0 Å². The summed E-state index contributed by atoms with van der Waals surface area (Å²) in [5.74, 6) is 1.17. The highest BCUT2D eigenvalue weighted by atomic mass is 16.6. The Labute approximate surface area is 146 Å². The number of aromatic nitrogens is 4. The van der Waals surface area contributed by atoms with Crippen LogP contribution in [-0.4, -0.2) is 57.2 Å². The van der Waals surface area contributed by atoms with Crippen molar-refractivity contribution in [1.82, 2.24) is 30.2 Å². The molecule has 0 spiro atoms. The molecule has 0 radical (unpaired) electrons. The molecule has 2 aliphatic rings. The van der Waals surface area contributed by atoms with E-state index >= 15 is 0 Å². The Morgan fingerprint density at radius 3 is 2.72 bits per heavy atom. The second-order valence-corrected chi connectivity index (χ2v) is 6.85. The number of hydrogen-bond donors (Lipinski definition) is 1. The van der Waals surface area contributed by atoms with E-state index < -0.39 is 0 Å². The van der Waals surface area contributed by atoms with Gasteiger partial charge in [0.15, 0.2) is 0 Å². The van der Waals surface area contributed by atoms with Crippen LogP contribution in [0.15, 0.2) is 18.3 Å². The molecule has 4 rings (SSSR count). The number of amides is 1. The molecule has 1 N–H and O–H groups in total. The van der Waals surface area contributed by atoms with Gasteiger partial charge in [-0.25, -0.2) is 4.79 Å². The van der Waals surface area contributed by atoms with Gasteiger partial charge in [0.25, 0.3) is 0 Å². The molecule has 8 heteroatoms. The predicted octanol–water partition coefficient (Wildman–Crippen LogP) is 0.972. The molecule has 2 atom stereocenters. The van der Waals surface area contributed by atoms with E-state index in [2.05, 4.69) is 20.6 Å². The van der Waals surface area contributed by atoms with E-state index in [9.17, 15) is 4.79 Å². The van der Waals surface area contributed by atoms with E-state index in [1.807, 2.05) is 39.3 Å². The number of ether oxygens (including phenoxy) is 1. The summed E-state index contributed by atoms with van der Waals surface area (Å²) in [7, 11) is 3.68. The lowest BCUT2D eigenvalue weighted by Gasteiger charge is -2.19. The van der Waals surface area contributed by atoms with Crippen LogP contribution in [0.5, 0.6) is 0 Å². The molecule has 2 aromatic rings.